The van der Waals surface area contributed by atoms with Crippen LogP contribution in [0.2, 0.25) is 0 Å². The third-order valence-electron chi connectivity index (χ3n) is 7.55. The van der Waals surface area contributed by atoms with Gasteiger partial charge in [0.15, 0.2) is 0 Å². The lowest BCUT2D eigenvalue weighted by Gasteiger charge is -2.57. The summed E-state index contributed by atoms with van der Waals surface area (Å²) in [5.74, 6) is -0.0300. The third kappa shape index (κ3) is 3.34. The van der Waals surface area contributed by atoms with Crippen molar-refractivity contribution in [2.24, 2.45) is 7.05 Å². The van der Waals surface area contributed by atoms with E-state index in [4.69, 9.17) is 0 Å². The van der Waals surface area contributed by atoms with Gasteiger partial charge in [0.25, 0.3) is 5.91 Å². The van der Waals surface area contributed by atoms with Gasteiger partial charge in [0.05, 0.1) is 17.2 Å². The monoisotopic (exact) mass is 435 g/mol. The fourth-order valence-electron chi connectivity index (χ4n) is 5.94. The minimum absolute atomic E-state index is 0.0323. The number of benzene rings is 1. The zero-order valence-corrected chi connectivity index (χ0v) is 19.3. The van der Waals surface area contributed by atoms with Crippen molar-refractivity contribution in [3.8, 4) is 0 Å². The molecule has 1 unspecified atom stereocenters. The standard InChI is InChI=1S/C25H33N5O2/c1-18(2)30-23(31)21-8-5-4-7-20(21)22(24(32)29-12-6-13-29)25(30)10-15-28(16-11-25)17-19-9-14-27(3)26-19/h4-5,7-9,14,18,22H,6,10-13,15-17H2,1-3H3. The van der Waals surface area contributed by atoms with Gasteiger partial charge < -0.3 is 9.80 Å². The van der Waals surface area contributed by atoms with E-state index >= 15 is 0 Å². The molecule has 1 atom stereocenters. The highest BCUT2D eigenvalue weighted by Gasteiger charge is 2.57. The quantitative estimate of drug-likeness (QED) is 0.741. The topological polar surface area (TPSA) is 61.7 Å². The predicted octanol–water partition coefficient (Wildman–Crippen LogP) is 2.64. The Morgan fingerprint density at radius 1 is 1.12 bits per heavy atom. The van der Waals surface area contributed by atoms with E-state index in [0.717, 1.165) is 63.2 Å². The molecule has 3 aliphatic heterocycles. The van der Waals surface area contributed by atoms with Crippen LogP contribution in [-0.4, -0.2) is 74.1 Å². The molecule has 0 bridgehead atoms. The molecule has 1 spiro atoms. The first-order valence-electron chi connectivity index (χ1n) is 11.8. The zero-order chi connectivity index (χ0) is 22.5. The normalized spacial score (nSPS) is 22.9. The number of fused-ring (bicyclic) bond motifs is 1. The maximum absolute atomic E-state index is 13.8. The van der Waals surface area contributed by atoms with Crippen molar-refractivity contribution in [3.05, 3.63) is 53.3 Å². The van der Waals surface area contributed by atoms with Crippen molar-refractivity contribution in [1.82, 2.24) is 24.5 Å². The molecule has 2 aromatic rings. The van der Waals surface area contributed by atoms with Gasteiger partial charge in [-0.3, -0.25) is 19.2 Å². The molecule has 4 heterocycles. The van der Waals surface area contributed by atoms with Crippen molar-refractivity contribution in [2.75, 3.05) is 26.2 Å². The van der Waals surface area contributed by atoms with Crippen molar-refractivity contribution in [1.29, 1.82) is 0 Å². The molecule has 2 fully saturated rings. The van der Waals surface area contributed by atoms with E-state index in [-0.39, 0.29) is 23.8 Å². The van der Waals surface area contributed by atoms with Crippen LogP contribution in [0.5, 0.6) is 0 Å². The fraction of sp³-hybridized carbons (Fsp3) is 0.560. The molecule has 1 aromatic carbocycles. The van der Waals surface area contributed by atoms with E-state index < -0.39 is 5.54 Å². The maximum atomic E-state index is 13.8. The molecule has 1 aromatic heterocycles. The number of aromatic nitrogens is 2. The Kier molecular flexibility index (Phi) is 5.32. The van der Waals surface area contributed by atoms with Gasteiger partial charge in [-0.25, -0.2) is 0 Å². The Bertz CT molecular complexity index is 1020. The van der Waals surface area contributed by atoms with Crippen molar-refractivity contribution < 1.29 is 9.59 Å². The van der Waals surface area contributed by atoms with Crippen LogP contribution in [0.15, 0.2) is 36.5 Å². The average molecular weight is 436 g/mol. The van der Waals surface area contributed by atoms with Crippen LogP contribution in [0.1, 0.15) is 60.6 Å². The Morgan fingerprint density at radius 3 is 2.44 bits per heavy atom. The number of carbonyl (C=O) groups excluding carboxylic acids is 2. The van der Waals surface area contributed by atoms with Crippen molar-refractivity contribution >= 4 is 11.8 Å². The highest BCUT2D eigenvalue weighted by Crippen LogP contribution is 2.49. The van der Waals surface area contributed by atoms with E-state index in [1.807, 2.05) is 47.1 Å². The molecule has 0 N–H and O–H groups in total. The Balaban J connectivity index is 1.51. The van der Waals surface area contributed by atoms with Crippen LogP contribution in [0, 0.1) is 0 Å². The highest BCUT2D eigenvalue weighted by molar-refractivity contribution is 6.02. The Labute approximate surface area is 190 Å². The second-order valence-electron chi connectivity index (χ2n) is 9.83. The molecule has 2 amide bonds. The fourth-order valence-corrected chi connectivity index (χ4v) is 5.94. The van der Waals surface area contributed by atoms with Gasteiger partial charge in [0, 0.05) is 57.6 Å². The molecular weight excluding hydrogens is 402 g/mol. The summed E-state index contributed by atoms with van der Waals surface area (Å²) in [7, 11) is 1.94. The number of nitrogens with zero attached hydrogens (tertiary/aromatic N) is 5. The van der Waals surface area contributed by atoms with Crippen molar-refractivity contribution in [2.45, 2.75) is 57.2 Å². The van der Waals surface area contributed by atoms with Crippen LogP contribution in [0.4, 0.5) is 0 Å². The molecule has 7 nitrogen and oxygen atoms in total. The van der Waals surface area contributed by atoms with Crippen molar-refractivity contribution in [3.63, 3.8) is 0 Å². The first-order chi connectivity index (χ1) is 15.4. The number of hydrogen-bond acceptors (Lipinski definition) is 4. The summed E-state index contributed by atoms with van der Waals surface area (Å²) in [6.07, 6.45) is 4.63. The molecule has 2 saturated heterocycles. The van der Waals surface area contributed by atoms with Gasteiger partial charge in [-0.2, -0.15) is 5.10 Å². The number of aryl methyl sites for hydroxylation is 1. The highest BCUT2D eigenvalue weighted by atomic mass is 16.2. The number of piperidine rings is 1. The average Bonchev–Trinajstić information content (AvgIpc) is 3.13. The van der Waals surface area contributed by atoms with Crippen LogP contribution in [-0.2, 0) is 18.4 Å². The zero-order valence-electron chi connectivity index (χ0n) is 19.3. The van der Waals surface area contributed by atoms with Gasteiger partial charge in [0.2, 0.25) is 5.91 Å². The molecule has 5 rings (SSSR count). The lowest BCUT2D eigenvalue weighted by Crippen LogP contribution is -2.67. The molecule has 3 aliphatic rings. The van der Waals surface area contributed by atoms with Crippen LogP contribution >= 0.6 is 0 Å². The summed E-state index contributed by atoms with van der Waals surface area (Å²) < 4.78 is 1.83. The summed E-state index contributed by atoms with van der Waals surface area (Å²) in [6.45, 7) is 8.31. The van der Waals surface area contributed by atoms with E-state index in [1.54, 1.807) is 0 Å². The Hall–Kier alpha value is -2.67. The third-order valence-corrected chi connectivity index (χ3v) is 7.55. The van der Waals surface area contributed by atoms with Gasteiger partial charge in [-0.1, -0.05) is 18.2 Å². The van der Waals surface area contributed by atoms with Crippen LogP contribution < -0.4 is 0 Å². The minimum atomic E-state index is -0.479. The summed E-state index contributed by atoms with van der Waals surface area (Å²) in [6, 6.07) is 9.87. The SMILES string of the molecule is CC(C)N1C(=O)c2ccccc2C(C(=O)N2CCC2)C12CCN(Cc1ccn(C)n1)CC2. The summed E-state index contributed by atoms with van der Waals surface area (Å²) >= 11 is 0. The second-order valence-corrected chi connectivity index (χ2v) is 9.83. The molecule has 0 aliphatic carbocycles. The largest absolute Gasteiger partial charge is 0.342 e. The summed E-state index contributed by atoms with van der Waals surface area (Å²) in [5.41, 5.74) is 2.20. The summed E-state index contributed by atoms with van der Waals surface area (Å²) in [4.78, 5) is 34.0. The smallest absolute Gasteiger partial charge is 0.254 e. The Morgan fingerprint density at radius 2 is 1.84 bits per heavy atom. The minimum Gasteiger partial charge on any atom is -0.342 e. The van der Waals surface area contributed by atoms with Gasteiger partial charge in [-0.15, -0.1) is 0 Å². The molecule has 0 radical (unpaired) electrons. The second kappa shape index (κ2) is 8.03. The first-order valence-corrected chi connectivity index (χ1v) is 11.8. The van der Waals surface area contributed by atoms with E-state index in [0.29, 0.717) is 5.56 Å². The summed E-state index contributed by atoms with van der Waals surface area (Å²) in [5, 5.41) is 4.53. The van der Waals surface area contributed by atoms with E-state index in [1.165, 1.54) is 0 Å². The molecule has 32 heavy (non-hydrogen) atoms. The number of amides is 2. The van der Waals surface area contributed by atoms with Crippen LogP contribution in [0.3, 0.4) is 0 Å². The molecular formula is C25H33N5O2. The number of hydrogen-bond donors (Lipinski definition) is 0. The van der Waals surface area contributed by atoms with Gasteiger partial charge in [0.1, 0.15) is 0 Å². The molecule has 0 saturated carbocycles. The van der Waals surface area contributed by atoms with Crippen LogP contribution in [0.25, 0.3) is 0 Å². The van der Waals surface area contributed by atoms with Gasteiger partial charge in [-0.05, 0) is 50.8 Å². The number of likely N-dealkylation sites (tertiary alicyclic amines) is 2. The molecule has 7 heteroatoms. The predicted molar refractivity (Wildman–Crippen MR) is 122 cm³/mol. The molecule has 170 valence electrons. The lowest BCUT2D eigenvalue weighted by atomic mass is 9.66. The number of rotatable bonds is 4. The number of carbonyl (C=O) groups is 2. The maximum Gasteiger partial charge on any atom is 0.254 e. The van der Waals surface area contributed by atoms with E-state index in [2.05, 4.69) is 34.8 Å². The first kappa shape index (κ1) is 21.2. The lowest BCUT2D eigenvalue weighted by molar-refractivity contribution is -0.142. The van der Waals surface area contributed by atoms with Gasteiger partial charge >= 0.3 is 0 Å². The van der Waals surface area contributed by atoms with E-state index in [9.17, 15) is 9.59 Å².